The molecule has 0 aromatic carbocycles. The quantitative estimate of drug-likeness (QED) is 0.684. The van der Waals surface area contributed by atoms with Crippen LogP contribution in [0.5, 0.6) is 0 Å². The summed E-state index contributed by atoms with van der Waals surface area (Å²) in [5.41, 5.74) is 3.28. The van der Waals surface area contributed by atoms with Crippen molar-refractivity contribution in [1.29, 1.82) is 0 Å². The summed E-state index contributed by atoms with van der Waals surface area (Å²) in [4.78, 5) is 11.4. The summed E-state index contributed by atoms with van der Waals surface area (Å²) in [6.07, 6.45) is 2.71. The van der Waals surface area contributed by atoms with Crippen LogP contribution in [0.4, 0.5) is 0 Å². The van der Waals surface area contributed by atoms with Crippen LogP contribution >= 0.6 is 0 Å². The van der Waals surface area contributed by atoms with E-state index in [-0.39, 0.29) is 6.04 Å². The van der Waals surface area contributed by atoms with Crippen LogP contribution in [0.25, 0.3) is 0 Å². The van der Waals surface area contributed by atoms with Crippen molar-refractivity contribution >= 4 is 5.78 Å². The minimum absolute atomic E-state index is 0.111. The van der Waals surface area contributed by atoms with E-state index < -0.39 is 0 Å². The molecule has 1 aliphatic rings. The second kappa shape index (κ2) is 4.01. The number of nitrogens with zero attached hydrogens (tertiary/aromatic N) is 1. The predicted molar refractivity (Wildman–Crippen MR) is 48.7 cm³/mol. The second-order valence-electron chi connectivity index (χ2n) is 3.42. The molecule has 0 radical (unpaired) electrons. The fourth-order valence-electron chi connectivity index (χ4n) is 1.70. The maximum Gasteiger partial charge on any atom is 0.151 e. The number of Topliss-reactive ketones (excluding diaryl/α,β-unsaturated/α-hetero) is 1. The van der Waals surface area contributed by atoms with Crippen molar-refractivity contribution in [3.8, 4) is 0 Å². The van der Waals surface area contributed by atoms with Gasteiger partial charge in [-0.1, -0.05) is 13.8 Å². The molecule has 3 nitrogen and oxygen atoms in total. The van der Waals surface area contributed by atoms with Gasteiger partial charge in [0.05, 0.1) is 6.04 Å². The highest BCUT2D eigenvalue weighted by atomic mass is 16.1. The largest absolute Gasteiger partial charge is 0.298 e. The van der Waals surface area contributed by atoms with Crippen LogP contribution in [0.1, 0.15) is 33.1 Å². The second-order valence-corrected chi connectivity index (χ2v) is 3.42. The summed E-state index contributed by atoms with van der Waals surface area (Å²) >= 11 is 0. The Kier molecular flexibility index (Phi) is 3.23. The fourth-order valence-corrected chi connectivity index (χ4v) is 1.70. The maximum absolute atomic E-state index is 11.4. The molecule has 1 N–H and O–H groups in total. The molecule has 0 aliphatic carbocycles. The summed E-state index contributed by atoms with van der Waals surface area (Å²) in [5.74, 6) is 0.348. The molecule has 0 bridgehead atoms. The predicted octanol–water partition coefficient (Wildman–Crippen LogP) is 0.953. The van der Waals surface area contributed by atoms with Gasteiger partial charge in [-0.15, -0.1) is 0 Å². The maximum atomic E-state index is 11.4. The Labute approximate surface area is 74.1 Å². The van der Waals surface area contributed by atoms with E-state index >= 15 is 0 Å². The number of carbonyl (C=O) groups is 1. The zero-order chi connectivity index (χ0) is 9.14. The molecule has 0 aromatic rings. The van der Waals surface area contributed by atoms with Crippen LogP contribution in [0.15, 0.2) is 0 Å². The molecule has 2 unspecified atom stereocenters. The molecule has 1 aliphatic heterocycles. The molecule has 0 aromatic heterocycles. The normalized spacial score (nSPS) is 30.9. The Morgan fingerprint density at radius 1 is 1.58 bits per heavy atom. The molecule has 12 heavy (non-hydrogen) atoms. The highest BCUT2D eigenvalue weighted by Gasteiger charge is 2.31. The molecule has 70 valence electrons. The highest BCUT2D eigenvalue weighted by molar-refractivity contribution is 5.83. The summed E-state index contributed by atoms with van der Waals surface area (Å²) in [7, 11) is 1.95. The zero-order valence-corrected chi connectivity index (χ0v) is 8.13. The van der Waals surface area contributed by atoms with Gasteiger partial charge in [0, 0.05) is 19.5 Å². The number of hydrogen-bond acceptors (Lipinski definition) is 3. The molecule has 3 heteroatoms. The molecule has 1 fully saturated rings. The number of ketones is 1. The van der Waals surface area contributed by atoms with E-state index in [1.807, 2.05) is 19.0 Å². The van der Waals surface area contributed by atoms with Crippen LogP contribution in [-0.2, 0) is 4.79 Å². The van der Waals surface area contributed by atoms with Crippen molar-refractivity contribution in [2.24, 2.45) is 0 Å². The number of hydrogen-bond donors (Lipinski definition) is 1. The fraction of sp³-hybridized carbons (Fsp3) is 0.889. The lowest BCUT2D eigenvalue weighted by Crippen LogP contribution is -2.39. The molecule has 1 rings (SSSR count). The average Bonchev–Trinajstić information content (AvgIpc) is 2.45. The van der Waals surface area contributed by atoms with Gasteiger partial charge in [0.25, 0.3) is 0 Å². The van der Waals surface area contributed by atoms with Gasteiger partial charge < -0.3 is 0 Å². The lowest BCUT2D eigenvalue weighted by Gasteiger charge is -2.16. The molecule has 0 saturated carbocycles. The lowest BCUT2D eigenvalue weighted by atomic mass is 10.0. The van der Waals surface area contributed by atoms with E-state index in [9.17, 15) is 4.79 Å². The summed E-state index contributed by atoms with van der Waals surface area (Å²) < 4.78 is 0. The first kappa shape index (κ1) is 9.68. The standard InChI is InChI=1S/C9H18N2O/c1-4-7-6-8(9(12)5-2)11(3)10-7/h7-8,10H,4-6H2,1-3H3. The minimum Gasteiger partial charge on any atom is -0.298 e. The van der Waals surface area contributed by atoms with Gasteiger partial charge in [0.1, 0.15) is 0 Å². The Hall–Kier alpha value is -0.410. The van der Waals surface area contributed by atoms with Gasteiger partial charge in [-0.3, -0.25) is 10.2 Å². The van der Waals surface area contributed by atoms with Crippen LogP contribution in [0, 0.1) is 0 Å². The van der Waals surface area contributed by atoms with Crippen LogP contribution < -0.4 is 5.43 Å². The number of carbonyl (C=O) groups excluding carboxylic acids is 1. The van der Waals surface area contributed by atoms with Crippen LogP contribution in [-0.4, -0.2) is 29.9 Å². The van der Waals surface area contributed by atoms with Crippen molar-refractivity contribution in [2.45, 2.75) is 45.2 Å². The van der Waals surface area contributed by atoms with Crippen molar-refractivity contribution in [1.82, 2.24) is 10.4 Å². The number of likely N-dealkylation sites (N-methyl/N-ethyl adjacent to an activating group) is 1. The van der Waals surface area contributed by atoms with Gasteiger partial charge in [-0.2, -0.15) is 0 Å². The number of hydrazine groups is 1. The lowest BCUT2D eigenvalue weighted by molar-refractivity contribution is -0.123. The Bertz CT molecular complexity index is 170. The van der Waals surface area contributed by atoms with E-state index in [1.54, 1.807) is 0 Å². The number of nitrogens with one attached hydrogen (secondary N) is 1. The van der Waals surface area contributed by atoms with Crippen LogP contribution in [0.3, 0.4) is 0 Å². The van der Waals surface area contributed by atoms with Crippen molar-refractivity contribution in [3.05, 3.63) is 0 Å². The van der Waals surface area contributed by atoms with E-state index in [2.05, 4.69) is 12.3 Å². The first-order valence-electron chi connectivity index (χ1n) is 4.70. The Balaban J connectivity index is 2.51. The third-order valence-corrected chi connectivity index (χ3v) is 2.57. The smallest absolute Gasteiger partial charge is 0.151 e. The third-order valence-electron chi connectivity index (χ3n) is 2.57. The molecular weight excluding hydrogens is 152 g/mol. The van der Waals surface area contributed by atoms with E-state index in [0.717, 1.165) is 12.8 Å². The summed E-state index contributed by atoms with van der Waals surface area (Å²) in [6, 6.07) is 0.607. The van der Waals surface area contributed by atoms with Gasteiger partial charge in [-0.05, 0) is 12.8 Å². The molecule has 1 heterocycles. The molecular formula is C9H18N2O. The molecule has 0 spiro atoms. The molecule has 1 saturated heterocycles. The van der Waals surface area contributed by atoms with E-state index in [4.69, 9.17) is 0 Å². The van der Waals surface area contributed by atoms with E-state index in [1.165, 1.54) is 0 Å². The first-order chi connectivity index (χ1) is 5.69. The average molecular weight is 170 g/mol. The SMILES string of the molecule is CCC(=O)C1CC(CC)NN1C. The zero-order valence-electron chi connectivity index (χ0n) is 8.13. The van der Waals surface area contributed by atoms with Crippen molar-refractivity contribution in [3.63, 3.8) is 0 Å². The summed E-state index contributed by atoms with van der Waals surface area (Å²) in [6.45, 7) is 4.07. The topological polar surface area (TPSA) is 32.3 Å². The molecule has 0 amide bonds. The monoisotopic (exact) mass is 170 g/mol. The third kappa shape index (κ3) is 1.84. The van der Waals surface area contributed by atoms with Crippen molar-refractivity contribution < 1.29 is 4.79 Å². The number of rotatable bonds is 3. The Morgan fingerprint density at radius 2 is 2.25 bits per heavy atom. The van der Waals surface area contributed by atoms with Gasteiger partial charge in [0.2, 0.25) is 0 Å². The van der Waals surface area contributed by atoms with E-state index in [0.29, 0.717) is 18.2 Å². The Morgan fingerprint density at radius 3 is 2.67 bits per heavy atom. The first-order valence-corrected chi connectivity index (χ1v) is 4.70. The molecule has 2 atom stereocenters. The van der Waals surface area contributed by atoms with Gasteiger partial charge in [0.15, 0.2) is 5.78 Å². The van der Waals surface area contributed by atoms with Crippen LogP contribution in [0.2, 0.25) is 0 Å². The highest BCUT2D eigenvalue weighted by Crippen LogP contribution is 2.16. The van der Waals surface area contributed by atoms with Crippen molar-refractivity contribution in [2.75, 3.05) is 7.05 Å². The summed E-state index contributed by atoms with van der Waals surface area (Å²) in [5, 5.41) is 1.96. The van der Waals surface area contributed by atoms with Gasteiger partial charge >= 0.3 is 0 Å². The van der Waals surface area contributed by atoms with Gasteiger partial charge in [-0.25, -0.2) is 5.01 Å². The minimum atomic E-state index is 0.111.